The van der Waals surface area contributed by atoms with Crippen molar-refractivity contribution in [2.24, 2.45) is 5.92 Å². The van der Waals surface area contributed by atoms with Crippen LogP contribution in [0, 0.1) is 17.8 Å². The summed E-state index contributed by atoms with van der Waals surface area (Å²) in [7, 11) is -3.19. The van der Waals surface area contributed by atoms with Gasteiger partial charge in [-0.2, -0.15) is 0 Å². The van der Waals surface area contributed by atoms with Crippen molar-refractivity contribution in [3.63, 3.8) is 0 Å². The summed E-state index contributed by atoms with van der Waals surface area (Å²) >= 11 is 0. The van der Waals surface area contributed by atoms with Crippen LogP contribution in [0.15, 0.2) is 24.3 Å². The molecule has 0 spiro atoms. The summed E-state index contributed by atoms with van der Waals surface area (Å²) in [4.78, 5) is 11.2. The third-order valence-electron chi connectivity index (χ3n) is 3.22. The highest BCUT2D eigenvalue weighted by Crippen LogP contribution is 2.26. The predicted octanol–water partition coefficient (Wildman–Crippen LogP) is 1.11. The minimum Gasteiger partial charge on any atom is -0.341 e. The summed E-state index contributed by atoms with van der Waals surface area (Å²) in [6.45, 7) is 4.42. The van der Waals surface area contributed by atoms with Gasteiger partial charge in [0.25, 0.3) is 5.91 Å². The van der Waals surface area contributed by atoms with Gasteiger partial charge in [0.2, 0.25) is 10.0 Å². The molecule has 1 fully saturated rings. The Hall–Kier alpha value is -2.00. The number of hydrogen-bond acceptors (Lipinski definition) is 3. The summed E-state index contributed by atoms with van der Waals surface area (Å²) in [5.41, 5.74) is 1.57. The number of sulfonamides is 1. The maximum Gasteiger partial charge on any atom is 0.296 e. The number of carbonyl (C=O) groups excluding carboxylic acids is 1. The zero-order valence-electron chi connectivity index (χ0n) is 12.1. The van der Waals surface area contributed by atoms with E-state index in [0.717, 1.165) is 5.56 Å². The fourth-order valence-corrected chi connectivity index (χ4v) is 4.21. The molecule has 5 nitrogen and oxygen atoms in total. The van der Waals surface area contributed by atoms with E-state index >= 15 is 0 Å². The number of amides is 1. The topological polar surface area (TPSA) is 66.5 Å². The Morgan fingerprint density at radius 1 is 1.38 bits per heavy atom. The molecule has 1 heterocycles. The van der Waals surface area contributed by atoms with E-state index in [4.69, 9.17) is 0 Å². The number of carbonyl (C=O) groups is 1. The van der Waals surface area contributed by atoms with Crippen molar-refractivity contribution in [2.75, 3.05) is 16.6 Å². The number of nitrogens with zero attached hydrogens (tertiary/aromatic N) is 1. The number of benzene rings is 1. The number of hydrogen-bond donors (Lipinski definition) is 1. The number of anilines is 1. The maximum atomic E-state index is 12.0. The second kappa shape index (κ2) is 6.19. The highest BCUT2D eigenvalue weighted by molar-refractivity contribution is 7.93. The third kappa shape index (κ3) is 3.76. The first-order valence-electron chi connectivity index (χ1n) is 6.72. The molecule has 112 valence electrons. The number of nitrogens with one attached hydrogen (secondary N) is 1. The fraction of sp³-hybridized carbons (Fsp3) is 0.400. The van der Waals surface area contributed by atoms with Crippen LogP contribution in [-0.4, -0.2) is 26.6 Å². The lowest BCUT2D eigenvalue weighted by Gasteiger charge is -2.17. The molecule has 1 unspecified atom stereocenters. The summed E-state index contributed by atoms with van der Waals surface area (Å²) in [6.07, 6.45) is 0. The second-order valence-electron chi connectivity index (χ2n) is 5.14. The average Bonchev–Trinajstić information content (AvgIpc) is 2.70. The van der Waals surface area contributed by atoms with E-state index in [1.54, 1.807) is 19.1 Å². The maximum absolute atomic E-state index is 12.0. The standard InChI is InChI=1S/C15H18N2O3S/c1-3-4-15(18)16-9-13-5-7-14(8-6-13)17-10-12(2)11-21(17,19)20/h5-8,12H,9-11H2,1-2H3,(H,16,18). The molecule has 21 heavy (non-hydrogen) atoms. The molecule has 0 aliphatic carbocycles. The van der Waals surface area contributed by atoms with Crippen LogP contribution in [0.1, 0.15) is 19.4 Å². The lowest BCUT2D eigenvalue weighted by molar-refractivity contribution is -0.115. The molecule has 1 aliphatic heterocycles. The lowest BCUT2D eigenvalue weighted by atomic mass is 10.2. The zero-order chi connectivity index (χ0) is 15.5. The fourth-order valence-electron chi connectivity index (χ4n) is 2.29. The van der Waals surface area contributed by atoms with E-state index in [2.05, 4.69) is 17.2 Å². The quantitative estimate of drug-likeness (QED) is 0.851. The highest BCUT2D eigenvalue weighted by atomic mass is 32.2. The number of rotatable bonds is 3. The van der Waals surface area contributed by atoms with Crippen LogP contribution in [-0.2, 0) is 21.4 Å². The molecule has 1 atom stereocenters. The van der Waals surface area contributed by atoms with Crippen LogP contribution in [0.4, 0.5) is 5.69 Å². The smallest absolute Gasteiger partial charge is 0.296 e. The predicted molar refractivity (Wildman–Crippen MR) is 82.0 cm³/mol. The van der Waals surface area contributed by atoms with Gasteiger partial charge in [-0.1, -0.05) is 25.0 Å². The molecule has 1 saturated heterocycles. The Bertz CT molecular complexity index is 684. The van der Waals surface area contributed by atoms with Gasteiger partial charge in [0.15, 0.2) is 0 Å². The van der Waals surface area contributed by atoms with Crippen molar-refractivity contribution in [1.29, 1.82) is 0 Å². The van der Waals surface area contributed by atoms with Gasteiger partial charge in [-0.3, -0.25) is 9.10 Å². The first kappa shape index (κ1) is 15.4. The first-order chi connectivity index (χ1) is 9.92. The van der Waals surface area contributed by atoms with Crippen LogP contribution in [0.3, 0.4) is 0 Å². The van der Waals surface area contributed by atoms with E-state index in [1.165, 1.54) is 4.31 Å². The van der Waals surface area contributed by atoms with Gasteiger partial charge in [0, 0.05) is 13.1 Å². The largest absolute Gasteiger partial charge is 0.341 e. The van der Waals surface area contributed by atoms with Crippen LogP contribution in [0.5, 0.6) is 0 Å². The molecule has 1 aromatic carbocycles. The molecule has 1 amide bonds. The molecule has 0 saturated carbocycles. The minimum absolute atomic E-state index is 0.140. The van der Waals surface area contributed by atoms with Crippen molar-refractivity contribution in [2.45, 2.75) is 20.4 Å². The van der Waals surface area contributed by atoms with Gasteiger partial charge in [0.05, 0.1) is 11.4 Å². The Morgan fingerprint density at radius 2 is 2.05 bits per heavy atom. The Labute approximate surface area is 125 Å². The van der Waals surface area contributed by atoms with Gasteiger partial charge in [-0.05, 0) is 36.5 Å². The Balaban J connectivity index is 2.05. The molecule has 1 aliphatic rings. The van der Waals surface area contributed by atoms with Crippen molar-refractivity contribution < 1.29 is 13.2 Å². The van der Waals surface area contributed by atoms with Gasteiger partial charge < -0.3 is 5.32 Å². The molecule has 1 N–H and O–H groups in total. The molecule has 1 aromatic rings. The summed E-state index contributed by atoms with van der Waals surface area (Å²) in [6, 6.07) is 7.16. The van der Waals surface area contributed by atoms with Crippen molar-refractivity contribution in [3.05, 3.63) is 29.8 Å². The van der Waals surface area contributed by atoms with Crippen molar-refractivity contribution >= 4 is 21.6 Å². The van der Waals surface area contributed by atoms with Crippen LogP contribution >= 0.6 is 0 Å². The summed E-state index contributed by atoms with van der Waals surface area (Å²) < 4.78 is 25.4. The molecule has 0 bridgehead atoms. The van der Waals surface area contributed by atoms with E-state index < -0.39 is 10.0 Å². The lowest BCUT2D eigenvalue weighted by Crippen LogP contribution is -2.25. The van der Waals surface area contributed by atoms with E-state index in [1.807, 2.05) is 19.1 Å². The molecule has 0 radical (unpaired) electrons. The third-order valence-corrected chi connectivity index (χ3v) is 5.25. The normalized spacial score (nSPS) is 19.7. The van der Waals surface area contributed by atoms with E-state index in [9.17, 15) is 13.2 Å². The van der Waals surface area contributed by atoms with Gasteiger partial charge in [-0.15, -0.1) is 0 Å². The van der Waals surface area contributed by atoms with Gasteiger partial charge in [0.1, 0.15) is 0 Å². The molecule has 0 aromatic heterocycles. The van der Waals surface area contributed by atoms with Crippen molar-refractivity contribution in [3.8, 4) is 11.8 Å². The zero-order valence-corrected chi connectivity index (χ0v) is 12.9. The minimum atomic E-state index is -3.19. The van der Waals surface area contributed by atoms with E-state index in [0.29, 0.717) is 18.8 Å². The molecular formula is C15H18N2O3S. The SMILES string of the molecule is CC#CC(=O)NCc1ccc(N2CC(C)CS2(=O)=O)cc1. The molecule has 6 heteroatoms. The highest BCUT2D eigenvalue weighted by Gasteiger charge is 2.33. The van der Waals surface area contributed by atoms with Crippen LogP contribution < -0.4 is 9.62 Å². The second-order valence-corrected chi connectivity index (χ2v) is 7.08. The van der Waals surface area contributed by atoms with Crippen LogP contribution in [0.2, 0.25) is 0 Å². The molecular weight excluding hydrogens is 288 g/mol. The van der Waals surface area contributed by atoms with Gasteiger partial charge in [-0.25, -0.2) is 8.42 Å². The average molecular weight is 306 g/mol. The summed E-state index contributed by atoms with van der Waals surface area (Å²) in [5.74, 6) is 4.94. The Morgan fingerprint density at radius 3 is 2.57 bits per heavy atom. The Kier molecular flexibility index (Phi) is 4.53. The van der Waals surface area contributed by atoms with Gasteiger partial charge >= 0.3 is 0 Å². The summed E-state index contributed by atoms with van der Waals surface area (Å²) in [5, 5.41) is 2.67. The monoisotopic (exact) mass is 306 g/mol. The van der Waals surface area contributed by atoms with Crippen LogP contribution in [0.25, 0.3) is 0 Å². The van der Waals surface area contributed by atoms with Crippen molar-refractivity contribution in [1.82, 2.24) is 5.32 Å². The molecule has 2 rings (SSSR count). The van der Waals surface area contributed by atoms with E-state index in [-0.39, 0.29) is 17.6 Å². The first-order valence-corrected chi connectivity index (χ1v) is 8.33.